The zero-order valence-electron chi connectivity index (χ0n) is 10.9. The normalized spacial score (nSPS) is 11.5. The van der Waals surface area contributed by atoms with Crippen molar-refractivity contribution >= 4 is 17.6 Å². The minimum Gasteiger partial charge on any atom is -0.469 e. The second-order valence-corrected chi connectivity index (χ2v) is 3.85. The number of aliphatic hydroxyl groups excluding tert-OH is 1. The lowest BCUT2D eigenvalue weighted by Gasteiger charge is -2.13. The van der Waals surface area contributed by atoms with Crippen molar-refractivity contribution in [1.29, 1.82) is 0 Å². The molecule has 0 fully saturated rings. The van der Waals surface area contributed by atoms with Crippen LogP contribution in [-0.4, -0.2) is 43.9 Å². The molecule has 0 bridgehead atoms. The molecule has 0 amide bonds. The zero-order chi connectivity index (χ0) is 14.3. The monoisotopic (exact) mass is 267 g/mol. The first-order valence-corrected chi connectivity index (χ1v) is 5.74. The van der Waals surface area contributed by atoms with Crippen molar-refractivity contribution in [2.24, 2.45) is 0 Å². The molecule has 0 aliphatic carbocycles. The van der Waals surface area contributed by atoms with Crippen LogP contribution in [0, 0.1) is 0 Å². The van der Waals surface area contributed by atoms with Crippen LogP contribution < -0.4 is 5.32 Å². The summed E-state index contributed by atoms with van der Waals surface area (Å²) in [7, 11) is 2.56. The Kier molecular flexibility index (Phi) is 5.81. The molecule has 0 heterocycles. The number of carbonyl (C=O) groups is 2. The number of hydrogen-bond acceptors (Lipinski definition) is 6. The number of esters is 2. The predicted molar refractivity (Wildman–Crippen MR) is 68.9 cm³/mol. The van der Waals surface area contributed by atoms with Gasteiger partial charge in [-0.25, -0.2) is 4.79 Å². The standard InChI is InChI=1S/C13H17NO5/c1-18-12(16)7-9(15)8-14-11-6-4-3-5-10(11)13(17)19-2/h3-6,9,14-15H,7-8H2,1-2H3. The molecule has 0 aliphatic rings. The maximum absolute atomic E-state index is 11.5. The second kappa shape index (κ2) is 7.38. The van der Waals surface area contributed by atoms with Crippen LogP contribution >= 0.6 is 0 Å². The maximum Gasteiger partial charge on any atom is 0.339 e. The van der Waals surface area contributed by atoms with Gasteiger partial charge in [0.2, 0.25) is 0 Å². The molecule has 104 valence electrons. The SMILES string of the molecule is COC(=O)CC(O)CNc1ccccc1C(=O)OC. The number of carbonyl (C=O) groups excluding carboxylic acids is 2. The molecule has 1 aromatic carbocycles. The van der Waals surface area contributed by atoms with Gasteiger partial charge in [-0.05, 0) is 12.1 Å². The molecule has 1 aromatic rings. The van der Waals surface area contributed by atoms with E-state index in [9.17, 15) is 14.7 Å². The Hall–Kier alpha value is -2.08. The van der Waals surface area contributed by atoms with Crippen LogP contribution in [0.5, 0.6) is 0 Å². The van der Waals surface area contributed by atoms with Gasteiger partial charge in [0.05, 0.1) is 32.3 Å². The first-order valence-electron chi connectivity index (χ1n) is 5.74. The van der Waals surface area contributed by atoms with E-state index in [0.717, 1.165) is 0 Å². The fourth-order valence-corrected chi connectivity index (χ4v) is 1.50. The number of ether oxygens (including phenoxy) is 2. The molecule has 0 saturated heterocycles. The van der Waals surface area contributed by atoms with Gasteiger partial charge in [0.1, 0.15) is 0 Å². The lowest BCUT2D eigenvalue weighted by atomic mass is 10.1. The van der Waals surface area contributed by atoms with Crippen LogP contribution in [0.2, 0.25) is 0 Å². The smallest absolute Gasteiger partial charge is 0.339 e. The molecule has 1 atom stereocenters. The van der Waals surface area contributed by atoms with E-state index in [1.54, 1.807) is 24.3 Å². The van der Waals surface area contributed by atoms with E-state index in [2.05, 4.69) is 14.8 Å². The summed E-state index contributed by atoms with van der Waals surface area (Å²) < 4.78 is 9.10. The second-order valence-electron chi connectivity index (χ2n) is 3.85. The summed E-state index contributed by atoms with van der Waals surface area (Å²) in [5.41, 5.74) is 0.911. The van der Waals surface area contributed by atoms with Crippen molar-refractivity contribution in [1.82, 2.24) is 0 Å². The fraction of sp³-hybridized carbons (Fsp3) is 0.385. The van der Waals surface area contributed by atoms with E-state index in [4.69, 9.17) is 0 Å². The van der Waals surface area contributed by atoms with Gasteiger partial charge in [0.15, 0.2) is 0 Å². The number of rotatable bonds is 6. The largest absolute Gasteiger partial charge is 0.469 e. The summed E-state index contributed by atoms with van der Waals surface area (Å²) in [4.78, 5) is 22.5. The van der Waals surface area contributed by atoms with Crippen molar-refractivity contribution in [2.75, 3.05) is 26.1 Å². The van der Waals surface area contributed by atoms with E-state index >= 15 is 0 Å². The highest BCUT2D eigenvalue weighted by Crippen LogP contribution is 2.16. The molecule has 1 unspecified atom stereocenters. The highest BCUT2D eigenvalue weighted by atomic mass is 16.5. The van der Waals surface area contributed by atoms with E-state index in [0.29, 0.717) is 11.3 Å². The summed E-state index contributed by atoms with van der Waals surface area (Å²) in [6.45, 7) is 0.128. The Labute approximate surface area is 111 Å². The van der Waals surface area contributed by atoms with Crippen molar-refractivity contribution in [3.8, 4) is 0 Å². The molecule has 0 spiro atoms. The van der Waals surface area contributed by atoms with Gasteiger partial charge in [0, 0.05) is 12.2 Å². The number of para-hydroxylation sites is 1. The minimum absolute atomic E-state index is 0.107. The van der Waals surface area contributed by atoms with Gasteiger partial charge in [-0.2, -0.15) is 0 Å². The van der Waals surface area contributed by atoms with Crippen LogP contribution in [-0.2, 0) is 14.3 Å². The quantitative estimate of drug-likeness (QED) is 0.742. The Morgan fingerprint density at radius 2 is 1.95 bits per heavy atom. The summed E-state index contributed by atoms with van der Waals surface area (Å²) >= 11 is 0. The van der Waals surface area contributed by atoms with Crippen molar-refractivity contribution in [2.45, 2.75) is 12.5 Å². The van der Waals surface area contributed by atoms with Crippen LogP contribution in [0.25, 0.3) is 0 Å². The molecular formula is C13H17NO5. The number of benzene rings is 1. The third-order valence-corrected chi connectivity index (χ3v) is 2.49. The molecule has 6 nitrogen and oxygen atoms in total. The van der Waals surface area contributed by atoms with Gasteiger partial charge in [0.25, 0.3) is 0 Å². The van der Waals surface area contributed by atoms with Gasteiger partial charge in [-0.3, -0.25) is 4.79 Å². The number of methoxy groups -OCH3 is 2. The lowest BCUT2D eigenvalue weighted by molar-refractivity contribution is -0.142. The van der Waals surface area contributed by atoms with Gasteiger partial charge >= 0.3 is 11.9 Å². The molecule has 0 aliphatic heterocycles. The molecule has 19 heavy (non-hydrogen) atoms. The van der Waals surface area contributed by atoms with E-state index in [1.165, 1.54) is 14.2 Å². The van der Waals surface area contributed by atoms with Crippen LogP contribution in [0.1, 0.15) is 16.8 Å². The summed E-state index contributed by atoms with van der Waals surface area (Å²) in [5, 5.41) is 12.5. The highest BCUT2D eigenvalue weighted by molar-refractivity contribution is 5.95. The Bertz CT molecular complexity index is 446. The Morgan fingerprint density at radius 3 is 2.58 bits per heavy atom. The third-order valence-electron chi connectivity index (χ3n) is 2.49. The molecule has 1 rings (SSSR count). The van der Waals surface area contributed by atoms with Crippen molar-refractivity contribution in [3.63, 3.8) is 0 Å². The molecule has 0 saturated carbocycles. The van der Waals surface area contributed by atoms with E-state index in [-0.39, 0.29) is 13.0 Å². The summed E-state index contributed by atoms with van der Waals surface area (Å²) in [5.74, 6) is -0.957. The number of aliphatic hydroxyl groups is 1. The molecule has 2 N–H and O–H groups in total. The number of anilines is 1. The molecular weight excluding hydrogens is 250 g/mol. The summed E-state index contributed by atoms with van der Waals surface area (Å²) in [6, 6.07) is 6.77. The molecule has 6 heteroatoms. The first kappa shape index (κ1) is 15.0. The zero-order valence-corrected chi connectivity index (χ0v) is 10.9. The average molecular weight is 267 g/mol. The maximum atomic E-state index is 11.5. The fourth-order valence-electron chi connectivity index (χ4n) is 1.50. The van der Waals surface area contributed by atoms with Gasteiger partial charge in [-0.15, -0.1) is 0 Å². The first-order chi connectivity index (χ1) is 9.08. The van der Waals surface area contributed by atoms with Gasteiger partial charge in [-0.1, -0.05) is 12.1 Å². The molecule has 0 radical (unpaired) electrons. The Balaban J connectivity index is 2.62. The van der Waals surface area contributed by atoms with Crippen LogP contribution in [0.15, 0.2) is 24.3 Å². The third kappa shape index (κ3) is 4.59. The lowest BCUT2D eigenvalue weighted by Crippen LogP contribution is -2.24. The summed E-state index contributed by atoms with van der Waals surface area (Å²) in [6.07, 6.45) is -0.998. The van der Waals surface area contributed by atoms with E-state index < -0.39 is 18.0 Å². The number of nitrogens with one attached hydrogen (secondary N) is 1. The average Bonchev–Trinajstić information content (AvgIpc) is 2.44. The topological polar surface area (TPSA) is 84.9 Å². The number of hydrogen-bond donors (Lipinski definition) is 2. The molecule has 0 aromatic heterocycles. The van der Waals surface area contributed by atoms with Gasteiger partial charge < -0.3 is 19.9 Å². The predicted octanol–water partition coefficient (Wildman–Crippen LogP) is 0.809. The van der Waals surface area contributed by atoms with Crippen LogP contribution in [0.4, 0.5) is 5.69 Å². The Morgan fingerprint density at radius 1 is 1.26 bits per heavy atom. The van der Waals surface area contributed by atoms with Crippen LogP contribution in [0.3, 0.4) is 0 Å². The van der Waals surface area contributed by atoms with Crippen molar-refractivity contribution < 1.29 is 24.2 Å². The minimum atomic E-state index is -0.891. The van der Waals surface area contributed by atoms with E-state index in [1.807, 2.05) is 0 Å². The van der Waals surface area contributed by atoms with Crippen molar-refractivity contribution in [3.05, 3.63) is 29.8 Å². The highest BCUT2D eigenvalue weighted by Gasteiger charge is 2.14.